The van der Waals surface area contributed by atoms with Crippen LogP contribution in [-0.2, 0) is 14.4 Å². The minimum Gasteiger partial charge on any atom is -0.294 e. The van der Waals surface area contributed by atoms with Gasteiger partial charge in [-0.1, -0.05) is 60.4 Å². The Hall–Kier alpha value is -1.60. The number of benzene rings is 2. The van der Waals surface area contributed by atoms with E-state index in [1.807, 2.05) is 0 Å². The van der Waals surface area contributed by atoms with E-state index in [4.69, 9.17) is 4.28 Å². The Labute approximate surface area is 218 Å². The summed E-state index contributed by atoms with van der Waals surface area (Å²) in [6, 6.07) is 11.1. The van der Waals surface area contributed by atoms with Crippen molar-refractivity contribution in [2.75, 3.05) is 7.05 Å². The molecular formula is C23H23Br2F3NO5S+. The molecule has 2 aromatic carbocycles. The molecule has 1 aliphatic heterocycles. The SMILES string of the molecule is C[N+]1(OS(=O)(=O)C(F)(F)F)C(CC(=O)c2ccc(Br)cc2)CCCC1CC(=O)c1ccc(Br)cc1. The van der Waals surface area contributed by atoms with Crippen LogP contribution >= 0.6 is 31.9 Å². The van der Waals surface area contributed by atoms with Gasteiger partial charge in [0.2, 0.25) is 0 Å². The summed E-state index contributed by atoms with van der Waals surface area (Å²) in [7, 11) is -4.79. The van der Waals surface area contributed by atoms with Crippen molar-refractivity contribution in [3.05, 3.63) is 68.6 Å². The molecule has 2 aromatic rings. The molecule has 1 heterocycles. The first-order chi connectivity index (χ1) is 16.2. The summed E-state index contributed by atoms with van der Waals surface area (Å²) in [5.41, 5.74) is -4.97. The van der Waals surface area contributed by atoms with Crippen LogP contribution in [0.25, 0.3) is 0 Å². The maximum Gasteiger partial charge on any atom is 0.528 e. The highest BCUT2D eigenvalue weighted by Crippen LogP contribution is 2.39. The second-order valence-electron chi connectivity index (χ2n) is 8.54. The van der Waals surface area contributed by atoms with E-state index in [1.54, 1.807) is 48.5 Å². The predicted octanol–water partition coefficient (Wildman–Crippen LogP) is 6.21. The van der Waals surface area contributed by atoms with Gasteiger partial charge >= 0.3 is 15.6 Å². The Morgan fingerprint density at radius 1 is 0.886 bits per heavy atom. The molecule has 0 amide bonds. The molecule has 6 nitrogen and oxygen atoms in total. The van der Waals surface area contributed by atoms with Crippen molar-refractivity contribution in [1.82, 2.24) is 0 Å². The lowest BCUT2D eigenvalue weighted by Crippen LogP contribution is -2.63. The molecule has 0 aromatic heterocycles. The van der Waals surface area contributed by atoms with Crippen molar-refractivity contribution in [2.45, 2.75) is 49.7 Å². The summed E-state index contributed by atoms with van der Waals surface area (Å²) in [5.74, 6) is -0.723. The van der Waals surface area contributed by atoms with Crippen LogP contribution in [0, 0.1) is 0 Å². The molecule has 0 spiro atoms. The number of hydrogen-bond acceptors (Lipinski definition) is 5. The molecule has 0 bridgehead atoms. The first-order valence-corrected chi connectivity index (χ1v) is 13.7. The summed E-state index contributed by atoms with van der Waals surface area (Å²) in [4.78, 5) is 25.9. The van der Waals surface area contributed by atoms with Crippen LogP contribution in [0.5, 0.6) is 0 Å². The van der Waals surface area contributed by atoms with Crippen molar-refractivity contribution in [2.24, 2.45) is 0 Å². The van der Waals surface area contributed by atoms with E-state index in [0.717, 1.165) is 8.95 Å². The molecule has 0 radical (unpaired) electrons. The maximum absolute atomic E-state index is 13.3. The van der Waals surface area contributed by atoms with Gasteiger partial charge in [0.25, 0.3) is 0 Å². The summed E-state index contributed by atoms with van der Waals surface area (Å²) in [5, 5.41) is 0. The average molecular weight is 642 g/mol. The van der Waals surface area contributed by atoms with Crippen molar-refractivity contribution in [1.29, 1.82) is 0 Å². The number of ketones is 2. The number of carbonyl (C=O) groups excluding carboxylic acids is 2. The quantitative estimate of drug-likeness (QED) is 0.195. The van der Waals surface area contributed by atoms with Gasteiger partial charge < -0.3 is 0 Å². The van der Waals surface area contributed by atoms with E-state index in [-0.39, 0.29) is 37.2 Å². The van der Waals surface area contributed by atoms with Crippen LogP contribution in [0.4, 0.5) is 13.2 Å². The fourth-order valence-corrected chi connectivity index (χ4v) is 5.56. The summed E-state index contributed by atoms with van der Waals surface area (Å²) >= 11 is 6.55. The number of likely N-dealkylation sites (tertiary alicyclic amines) is 1. The molecule has 1 saturated heterocycles. The lowest BCUT2D eigenvalue weighted by molar-refractivity contribution is -1.11. The zero-order chi connectivity index (χ0) is 26.0. The molecule has 35 heavy (non-hydrogen) atoms. The van der Waals surface area contributed by atoms with Gasteiger partial charge in [0.1, 0.15) is 19.1 Å². The molecule has 0 aliphatic carbocycles. The third-order valence-electron chi connectivity index (χ3n) is 6.24. The van der Waals surface area contributed by atoms with E-state index >= 15 is 0 Å². The molecule has 2 atom stereocenters. The largest absolute Gasteiger partial charge is 0.528 e. The Morgan fingerprint density at radius 3 is 1.60 bits per heavy atom. The summed E-state index contributed by atoms with van der Waals surface area (Å²) in [6.07, 6.45) is 0.535. The molecule has 1 fully saturated rings. The van der Waals surface area contributed by atoms with E-state index < -0.39 is 32.4 Å². The van der Waals surface area contributed by atoms with Gasteiger partial charge in [0, 0.05) is 32.9 Å². The summed E-state index contributed by atoms with van der Waals surface area (Å²) < 4.78 is 69.2. The first kappa shape index (κ1) is 28.0. The number of carbonyl (C=O) groups is 2. The number of quaternary nitrogens is 1. The van der Waals surface area contributed by atoms with Crippen LogP contribution in [0.15, 0.2) is 57.5 Å². The van der Waals surface area contributed by atoms with Crippen molar-refractivity contribution >= 4 is 53.5 Å². The standard InChI is InChI=1S/C23H23Br2F3NO5S/c1-29(34-35(32,33)23(26,27)28)19(13-21(30)15-5-9-17(24)10-6-15)3-2-4-20(29)14-22(31)16-7-11-18(25)12-8-16/h5-12,19-20H,2-4,13-14H2,1H3/q+1. The van der Waals surface area contributed by atoms with Crippen LogP contribution in [-0.4, -0.2) is 49.3 Å². The maximum atomic E-state index is 13.3. The molecular weight excluding hydrogens is 619 g/mol. The zero-order valence-electron chi connectivity index (χ0n) is 18.6. The van der Waals surface area contributed by atoms with Gasteiger partial charge in [-0.25, -0.2) is 0 Å². The van der Waals surface area contributed by atoms with Gasteiger partial charge in [-0.2, -0.15) is 26.2 Å². The Balaban J connectivity index is 1.93. The highest BCUT2D eigenvalue weighted by Gasteiger charge is 2.57. The van der Waals surface area contributed by atoms with E-state index in [2.05, 4.69) is 31.9 Å². The van der Waals surface area contributed by atoms with Gasteiger partial charge in [-0.3, -0.25) is 9.59 Å². The number of alkyl halides is 3. The van der Waals surface area contributed by atoms with Crippen LogP contribution in [0.3, 0.4) is 0 Å². The summed E-state index contributed by atoms with van der Waals surface area (Å²) in [6.45, 7) is 0. The van der Waals surface area contributed by atoms with Crippen LogP contribution in [0.1, 0.15) is 52.8 Å². The van der Waals surface area contributed by atoms with Crippen molar-refractivity contribution in [3.63, 3.8) is 0 Å². The van der Waals surface area contributed by atoms with Crippen molar-refractivity contribution < 1.29 is 40.1 Å². The number of hydroxylamine groups is 3. The topological polar surface area (TPSA) is 77.5 Å². The van der Waals surface area contributed by atoms with Gasteiger partial charge in [0.05, 0.1) is 12.8 Å². The fraction of sp³-hybridized carbons (Fsp3) is 0.391. The first-order valence-electron chi connectivity index (χ1n) is 10.7. The Kier molecular flexibility index (Phi) is 8.63. The van der Waals surface area contributed by atoms with E-state index in [0.29, 0.717) is 17.5 Å². The number of rotatable bonds is 8. The highest BCUT2D eigenvalue weighted by molar-refractivity contribution is 9.10. The third-order valence-corrected chi connectivity index (χ3v) is 8.38. The monoisotopic (exact) mass is 640 g/mol. The van der Waals surface area contributed by atoms with E-state index in [9.17, 15) is 31.2 Å². The number of Topliss-reactive ketones (excluding diaryl/α,β-unsaturated/α-hetero) is 2. The van der Waals surface area contributed by atoms with Gasteiger partial charge in [0.15, 0.2) is 11.6 Å². The van der Waals surface area contributed by atoms with Gasteiger partial charge in [-0.15, -0.1) is 0 Å². The lowest BCUT2D eigenvalue weighted by Gasteiger charge is -2.45. The molecule has 1 aliphatic rings. The molecule has 0 N–H and O–H groups in total. The Morgan fingerprint density at radius 2 is 1.26 bits per heavy atom. The number of piperidine rings is 1. The average Bonchev–Trinajstić information content (AvgIpc) is 2.76. The third kappa shape index (κ3) is 6.59. The molecule has 0 saturated carbocycles. The minimum absolute atomic E-state index is 0.242. The van der Waals surface area contributed by atoms with Gasteiger partial charge in [-0.05, 0) is 30.7 Å². The predicted molar refractivity (Wildman–Crippen MR) is 130 cm³/mol. The molecule has 3 rings (SSSR count). The second kappa shape index (κ2) is 10.8. The molecule has 190 valence electrons. The Bertz CT molecular complexity index is 1120. The number of nitrogens with zero attached hydrogens (tertiary/aromatic N) is 1. The second-order valence-corrected chi connectivity index (χ2v) is 11.9. The fourth-order valence-electron chi connectivity index (χ4n) is 4.28. The normalized spacial score (nSPS) is 23.1. The van der Waals surface area contributed by atoms with E-state index in [1.165, 1.54) is 7.05 Å². The number of hydrogen-bond donors (Lipinski definition) is 0. The number of halogens is 5. The van der Waals surface area contributed by atoms with Crippen LogP contribution < -0.4 is 0 Å². The molecule has 12 heteroatoms. The smallest absolute Gasteiger partial charge is 0.294 e. The van der Waals surface area contributed by atoms with Crippen molar-refractivity contribution in [3.8, 4) is 0 Å². The molecule has 2 unspecified atom stereocenters. The lowest BCUT2D eigenvalue weighted by atomic mass is 9.88. The van der Waals surface area contributed by atoms with Crippen LogP contribution in [0.2, 0.25) is 0 Å². The zero-order valence-corrected chi connectivity index (χ0v) is 22.6. The minimum atomic E-state index is -6.00. The highest BCUT2D eigenvalue weighted by atomic mass is 79.9.